The number of thiophene rings is 1. The summed E-state index contributed by atoms with van der Waals surface area (Å²) in [5.41, 5.74) is -0.191. The van der Waals surface area contributed by atoms with Crippen molar-refractivity contribution in [3.63, 3.8) is 0 Å². The Kier molecular flexibility index (Phi) is 3.19. The van der Waals surface area contributed by atoms with Crippen LogP contribution in [0.25, 0.3) is 5.52 Å². The third kappa shape index (κ3) is 2.27. The Morgan fingerprint density at radius 3 is 2.62 bits per heavy atom. The normalized spacial score (nSPS) is 10.9. The van der Waals surface area contributed by atoms with Gasteiger partial charge >= 0.3 is 11.9 Å². The van der Waals surface area contributed by atoms with Crippen LogP contribution < -0.4 is 0 Å². The molecule has 0 saturated heterocycles. The predicted octanol–water partition coefficient (Wildman–Crippen LogP) is 2.38. The Hall–Kier alpha value is -2.67. The van der Waals surface area contributed by atoms with E-state index in [0.29, 0.717) is 12.2 Å². The van der Waals surface area contributed by atoms with E-state index >= 15 is 0 Å². The van der Waals surface area contributed by atoms with E-state index in [1.165, 1.54) is 21.8 Å². The summed E-state index contributed by atoms with van der Waals surface area (Å²) in [6.45, 7) is 0. The number of carboxylic acids is 2. The number of aromatic nitrogens is 2. The van der Waals surface area contributed by atoms with Gasteiger partial charge in [0, 0.05) is 17.5 Å². The lowest BCUT2D eigenvalue weighted by molar-refractivity contribution is 0.0691. The number of hydrogen-bond donors (Lipinski definition) is 2. The van der Waals surface area contributed by atoms with E-state index in [2.05, 4.69) is 4.98 Å². The lowest BCUT2D eigenvalue weighted by atomic mass is 10.2. The van der Waals surface area contributed by atoms with E-state index < -0.39 is 11.9 Å². The van der Waals surface area contributed by atoms with Gasteiger partial charge in [0.1, 0.15) is 5.82 Å². The molecule has 7 heteroatoms. The fourth-order valence-corrected chi connectivity index (χ4v) is 2.92. The maximum Gasteiger partial charge on any atom is 0.356 e. The first-order chi connectivity index (χ1) is 10.1. The number of imidazole rings is 1. The molecule has 0 aliphatic carbocycles. The number of carbonyl (C=O) groups is 2. The molecule has 3 aromatic rings. The van der Waals surface area contributed by atoms with Crippen molar-refractivity contribution in [1.82, 2.24) is 9.38 Å². The molecule has 106 valence electrons. The minimum absolute atomic E-state index is 0.0696. The summed E-state index contributed by atoms with van der Waals surface area (Å²) < 4.78 is 1.53. The molecule has 0 saturated carbocycles. The number of fused-ring (bicyclic) bond motifs is 1. The van der Waals surface area contributed by atoms with Gasteiger partial charge in [-0.15, -0.1) is 11.3 Å². The molecule has 2 N–H and O–H groups in total. The molecule has 0 radical (unpaired) electrons. The molecule has 3 aromatic heterocycles. The Labute approximate surface area is 122 Å². The van der Waals surface area contributed by atoms with Crippen molar-refractivity contribution >= 4 is 28.8 Å². The maximum atomic E-state index is 11.3. The van der Waals surface area contributed by atoms with E-state index in [9.17, 15) is 19.8 Å². The fourth-order valence-electron chi connectivity index (χ4n) is 2.22. The van der Waals surface area contributed by atoms with Crippen LogP contribution in [-0.2, 0) is 6.42 Å². The summed E-state index contributed by atoms with van der Waals surface area (Å²) >= 11 is 1.54. The number of aromatic carboxylic acids is 2. The van der Waals surface area contributed by atoms with Crippen molar-refractivity contribution in [2.45, 2.75) is 6.42 Å². The molecule has 0 spiro atoms. The van der Waals surface area contributed by atoms with E-state index in [1.54, 1.807) is 12.3 Å². The highest BCUT2D eigenvalue weighted by Crippen LogP contribution is 2.21. The largest absolute Gasteiger partial charge is 0.478 e. The number of nitrogens with zero attached hydrogens (tertiary/aromatic N) is 2. The Balaban J connectivity index is 2.25. The summed E-state index contributed by atoms with van der Waals surface area (Å²) in [6, 6.07) is 6.77. The molecule has 6 nitrogen and oxygen atoms in total. The van der Waals surface area contributed by atoms with Gasteiger partial charge in [-0.25, -0.2) is 14.6 Å². The zero-order valence-electron chi connectivity index (χ0n) is 10.7. The molecule has 0 atom stereocenters. The lowest BCUT2D eigenvalue weighted by Gasteiger charge is -2.02. The fraction of sp³-hybridized carbons (Fsp3) is 0.0714. The van der Waals surface area contributed by atoms with E-state index in [1.807, 2.05) is 17.5 Å². The molecular weight excluding hydrogens is 292 g/mol. The molecule has 0 aliphatic heterocycles. The molecule has 0 aliphatic rings. The Morgan fingerprint density at radius 1 is 1.19 bits per heavy atom. The van der Waals surface area contributed by atoms with Gasteiger partial charge in [0.05, 0.1) is 11.1 Å². The Bertz CT molecular complexity index is 836. The molecule has 3 rings (SSSR count). The van der Waals surface area contributed by atoms with Gasteiger partial charge in [0.2, 0.25) is 0 Å². The minimum atomic E-state index is -1.24. The summed E-state index contributed by atoms with van der Waals surface area (Å²) in [7, 11) is 0. The van der Waals surface area contributed by atoms with Gasteiger partial charge in [-0.05, 0) is 23.6 Å². The molecule has 21 heavy (non-hydrogen) atoms. The molecule has 0 fully saturated rings. The van der Waals surface area contributed by atoms with E-state index in [-0.39, 0.29) is 16.8 Å². The molecule has 0 bridgehead atoms. The standard InChI is InChI=1S/C14H10N2O4S/c17-13(18)9-4-1-5-16-10(7-8-3-2-6-21-8)15-11(12(9)16)14(19)20/h1-6H,7H2,(H,17,18)(H,19,20). The SMILES string of the molecule is O=C(O)c1cccn2c(Cc3cccs3)nc(C(=O)O)c12. The van der Waals surface area contributed by atoms with Crippen molar-refractivity contribution < 1.29 is 19.8 Å². The first kappa shape index (κ1) is 13.3. The third-order valence-corrected chi connectivity index (χ3v) is 3.96. The highest BCUT2D eigenvalue weighted by atomic mass is 32.1. The minimum Gasteiger partial charge on any atom is -0.478 e. The highest BCUT2D eigenvalue weighted by Gasteiger charge is 2.22. The molecule has 0 amide bonds. The van der Waals surface area contributed by atoms with Crippen molar-refractivity contribution in [2.24, 2.45) is 0 Å². The van der Waals surface area contributed by atoms with Crippen molar-refractivity contribution in [1.29, 1.82) is 0 Å². The topological polar surface area (TPSA) is 91.9 Å². The van der Waals surface area contributed by atoms with Crippen LogP contribution >= 0.6 is 11.3 Å². The first-order valence-electron chi connectivity index (χ1n) is 6.07. The Morgan fingerprint density at radius 2 is 2.00 bits per heavy atom. The first-order valence-corrected chi connectivity index (χ1v) is 6.95. The van der Waals surface area contributed by atoms with Crippen molar-refractivity contribution in [3.05, 3.63) is 57.8 Å². The quantitative estimate of drug-likeness (QED) is 0.772. The number of rotatable bonds is 4. The number of hydrogen-bond acceptors (Lipinski definition) is 4. The second-order valence-electron chi connectivity index (χ2n) is 4.38. The van der Waals surface area contributed by atoms with Crippen LogP contribution in [0.5, 0.6) is 0 Å². The third-order valence-electron chi connectivity index (χ3n) is 3.08. The summed E-state index contributed by atoms with van der Waals surface area (Å²) in [5, 5.41) is 20.4. The van der Waals surface area contributed by atoms with Gasteiger partial charge < -0.3 is 14.6 Å². The second-order valence-corrected chi connectivity index (χ2v) is 5.42. The van der Waals surface area contributed by atoms with Gasteiger partial charge in [-0.3, -0.25) is 0 Å². The van der Waals surface area contributed by atoms with Crippen molar-refractivity contribution in [3.8, 4) is 0 Å². The zero-order chi connectivity index (χ0) is 15.0. The van der Waals surface area contributed by atoms with Crippen LogP contribution in [0.2, 0.25) is 0 Å². The average molecular weight is 302 g/mol. The highest BCUT2D eigenvalue weighted by molar-refractivity contribution is 7.09. The molecule has 0 unspecified atom stereocenters. The van der Waals surface area contributed by atoms with Crippen LogP contribution in [-0.4, -0.2) is 31.5 Å². The van der Waals surface area contributed by atoms with E-state index in [4.69, 9.17) is 0 Å². The molecular formula is C14H10N2O4S. The second kappa shape index (κ2) is 5.02. The molecule has 0 aromatic carbocycles. The van der Waals surface area contributed by atoms with Crippen LogP contribution in [0.15, 0.2) is 35.8 Å². The van der Waals surface area contributed by atoms with Crippen molar-refractivity contribution in [2.75, 3.05) is 0 Å². The van der Waals surface area contributed by atoms with Gasteiger partial charge in [0.25, 0.3) is 0 Å². The summed E-state index contributed by atoms with van der Waals surface area (Å²) in [5.74, 6) is -1.91. The summed E-state index contributed by atoms with van der Waals surface area (Å²) in [4.78, 5) is 27.8. The number of carboxylic acid groups (broad SMARTS) is 2. The number of pyridine rings is 1. The van der Waals surface area contributed by atoms with Crippen LogP contribution in [0, 0.1) is 0 Å². The maximum absolute atomic E-state index is 11.3. The van der Waals surface area contributed by atoms with Gasteiger partial charge in [0.15, 0.2) is 5.69 Å². The zero-order valence-corrected chi connectivity index (χ0v) is 11.5. The van der Waals surface area contributed by atoms with Crippen LogP contribution in [0.3, 0.4) is 0 Å². The van der Waals surface area contributed by atoms with E-state index in [0.717, 1.165) is 4.88 Å². The average Bonchev–Trinajstić information content (AvgIpc) is 3.07. The van der Waals surface area contributed by atoms with Crippen LogP contribution in [0.4, 0.5) is 0 Å². The van der Waals surface area contributed by atoms with Gasteiger partial charge in [-0.2, -0.15) is 0 Å². The van der Waals surface area contributed by atoms with Gasteiger partial charge in [-0.1, -0.05) is 6.07 Å². The molecule has 3 heterocycles. The monoisotopic (exact) mass is 302 g/mol. The summed E-state index contributed by atoms with van der Waals surface area (Å²) in [6.07, 6.45) is 2.08. The lowest BCUT2D eigenvalue weighted by Crippen LogP contribution is -2.04. The smallest absolute Gasteiger partial charge is 0.356 e. The predicted molar refractivity (Wildman–Crippen MR) is 76.2 cm³/mol. The van der Waals surface area contributed by atoms with Crippen LogP contribution in [0.1, 0.15) is 31.5 Å².